The van der Waals surface area contributed by atoms with Crippen molar-refractivity contribution in [1.29, 1.82) is 0 Å². The van der Waals surface area contributed by atoms with E-state index in [1.54, 1.807) is 48.7 Å². The molecule has 0 atom stereocenters. The summed E-state index contributed by atoms with van der Waals surface area (Å²) < 4.78 is 5.26. The molecule has 21 heavy (non-hydrogen) atoms. The molecule has 0 aliphatic heterocycles. The summed E-state index contributed by atoms with van der Waals surface area (Å²) in [5.41, 5.74) is 6.24. The number of pyridine rings is 1. The maximum absolute atomic E-state index is 11.9. The summed E-state index contributed by atoms with van der Waals surface area (Å²) >= 11 is 0. The molecule has 0 aliphatic carbocycles. The molecule has 0 aliphatic rings. The van der Waals surface area contributed by atoms with Gasteiger partial charge in [-0.3, -0.25) is 9.78 Å². The molecular weight excluding hydrogens is 272 g/mol. The number of nitrogens with two attached hydrogens (primary N) is 1. The van der Waals surface area contributed by atoms with Gasteiger partial charge in [-0.2, -0.15) is 0 Å². The molecule has 7 heteroatoms. The van der Waals surface area contributed by atoms with Crippen molar-refractivity contribution in [3.63, 3.8) is 0 Å². The number of benzene rings is 1. The highest BCUT2D eigenvalue weighted by atomic mass is 16.5. The van der Waals surface area contributed by atoms with Crippen LogP contribution in [-0.2, 0) is 0 Å². The molecule has 0 saturated carbocycles. The van der Waals surface area contributed by atoms with Crippen molar-refractivity contribution in [3.8, 4) is 5.75 Å². The lowest BCUT2D eigenvalue weighted by molar-refractivity contribution is 0.102. The molecule has 2 rings (SSSR count). The van der Waals surface area contributed by atoms with Gasteiger partial charge in [-0.1, -0.05) is 11.2 Å². The first-order chi connectivity index (χ1) is 10.2. The fourth-order valence-corrected chi connectivity index (χ4v) is 1.51. The van der Waals surface area contributed by atoms with Crippen LogP contribution in [0, 0.1) is 0 Å². The second-order valence-corrected chi connectivity index (χ2v) is 4.07. The van der Waals surface area contributed by atoms with Crippen molar-refractivity contribution >= 4 is 17.4 Å². The van der Waals surface area contributed by atoms with Crippen LogP contribution < -0.4 is 15.8 Å². The summed E-state index contributed by atoms with van der Waals surface area (Å²) in [4.78, 5) is 15.9. The number of anilines is 1. The fraction of sp³-hybridized carbons (Fsp3) is 0.0714. The average Bonchev–Trinajstić information content (AvgIpc) is 2.54. The second kappa shape index (κ2) is 6.90. The van der Waals surface area contributed by atoms with Gasteiger partial charge in [0, 0.05) is 11.9 Å². The summed E-state index contributed by atoms with van der Waals surface area (Å²) in [6.07, 6.45) is 1.55. The van der Waals surface area contributed by atoms with Crippen LogP contribution in [0.3, 0.4) is 0 Å². The zero-order chi connectivity index (χ0) is 15.1. The molecule has 0 radical (unpaired) electrons. The molecule has 2 aromatic rings. The molecule has 4 N–H and O–H groups in total. The summed E-state index contributed by atoms with van der Waals surface area (Å²) in [6, 6.07) is 11.8. The van der Waals surface area contributed by atoms with Crippen LogP contribution in [0.5, 0.6) is 5.75 Å². The van der Waals surface area contributed by atoms with Crippen LogP contribution >= 0.6 is 0 Å². The van der Waals surface area contributed by atoms with Crippen LogP contribution in [-0.4, -0.2) is 28.5 Å². The summed E-state index contributed by atoms with van der Waals surface area (Å²) in [5.74, 6) is 0.223. The van der Waals surface area contributed by atoms with Crippen LogP contribution in [0.2, 0.25) is 0 Å². The number of nitrogens with one attached hydrogen (secondary N) is 1. The first-order valence-corrected chi connectivity index (χ1v) is 6.10. The number of amides is 1. The lowest BCUT2D eigenvalue weighted by Gasteiger charge is -2.07. The van der Waals surface area contributed by atoms with Crippen molar-refractivity contribution in [3.05, 3.63) is 54.4 Å². The molecule has 0 fully saturated rings. The van der Waals surface area contributed by atoms with E-state index in [-0.39, 0.29) is 18.3 Å². The molecule has 108 valence electrons. The number of hydrogen-bond donors (Lipinski definition) is 3. The van der Waals surface area contributed by atoms with E-state index in [9.17, 15) is 4.79 Å². The Hall–Kier alpha value is -3.09. The summed E-state index contributed by atoms with van der Waals surface area (Å²) in [7, 11) is 0. The summed E-state index contributed by atoms with van der Waals surface area (Å²) in [5, 5.41) is 13.9. The molecule has 0 spiro atoms. The Kier molecular flexibility index (Phi) is 4.70. The van der Waals surface area contributed by atoms with Crippen LogP contribution in [0.4, 0.5) is 5.69 Å². The molecule has 1 aromatic carbocycles. The molecule has 0 saturated heterocycles. The number of rotatable bonds is 5. The smallest absolute Gasteiger partial charge is 0.274 e. The van der Waals surface area contributed by atoms with Gasteiger partial charge < -0.3 is 21.0 Å². The van der Waals surface area contributed by atoms with Gasteiger partial charge in [0.1, 0.15) is 18.1 Å². The average molecular weight is 286 g/mol. The Morgan fingerprint density at radius 1 is 1.29 bits per heavy atom. The Balaban J connectivity index is 1.95. The minimum atomic E-state index is -0.291. The number of amidine groups is 1. The lowest BCUT2D eigenvalue weighted by Crippen LogP contribution is -2.20. The number of hydrogen-bond acceptors (Lipinski definition) is 5. The highest BCUT2D eigenvalue weighted by Gasteiger charge is 2.06. The van der Waals surface area contributed by atoms with Gasteiger partial charge in [0.25, 0.3) is 5.91 Å². The highest BCUT2D eigenvalue weighted by Crippen LogP contribution is 2.16. The van der Waals surface area contributed by atoms with Crippen LogP contribution in [0.1, 0.15) is 10.5 Å². The Morgan fingerprint density at radius 2 is 2.05 bits per heavy atom. The topological polar surface area (TPSA) is 110 Å². The van der Waals surface area contributed by atoms with Gasteiger partial charge >= 0.3 is 0 Å². The maximum atomic E-state index is 11.9. The van der Waals surface area contributed by atoms with Gasteiger partial charge in [0.2, 0.25) is 0 Å². The van der Waals surface area contributed by atoms with E-state index in [1.807, 2.05) is 0 Å². The number of ether oxygens (including phenoxy) is 1. The Bertz CT molecular complexity index is 626. The Morgan fingerprint density at radius 3 is 2.67 bits per heavy atom. The molecule has 1 aromatic heterocycles. The summed E-state index contributed by atoms with van der Waals surface area (Å²) in [6.45, 7) is -0.0177. The fourth-order valence-electron chi connectivity index (χ4n) is 1.51. The minimum absolute atomic E-state index is 0.0177. The minimum Gasteiger partial charge on any atom is -0.486 e. The standard InChI is InChI=1S/C14H14N4O3/c15-13(18-20)9-21-11-6-4-10(5-7-11)17-14(19)12-3-1-2-8-16-12/h1-8,20H,9H2,(H2,15,18)(H,17,19). The third-order valence-corrected chi connectivity index (χ3v) is 2.52. The van der Waals surface area contributed by atoms with E-state index in [4.69, 9.17) is 15.7 Å². The van der Waals surface area contributed by atoms with E-state index in [0.717, 1.165) is 0 Å². The molecule has 7 nitrogen and oxygen atoms in total. The zero-order valence-corrected chi connectivity index (χ0v) is 11.1. The van der Waals surface area contributed by atoms with Crippen molar-refractivity contribution in [2.24, 2.45) is 10.9 Å². The van der Waals surface area contributed by atoms with E-state index in [0.29, 0.717) is 17.1 Å². The van der Waals surface area contributed by atoms with Gasteiger partial charge in [0.05, 0.1) is 0 Å². The highest BCUT2D eigenvalue weighted by molar-refractivity contribution is 6.02. The normalized spacial score (nSPS) is 11.0. The molecule has 1 amide bonds. The van der Waals surface area contributed by atoms with E-state index in [1.165, 1.54) is 0 Å². The van der Waals surface area contributed by atoms with Crippen LogP contribution in [0.15, 0.2) is 53.8 Å². The van der Waals surface area contributed by atoms with Gasteiger partial charge in [-0.05, 0) is 36.4 Å². The molecule has 0 bridgehead atoms. The number of nitrogens with zero attached hydrogens (tertiary/aromatic N) is 2. The number of aromatic nitrogens is 1. The monoisotopic (exact) mass is 286 g/mol. The van der Waals surface area contributed by atoms with E-state index < -0.39 is 0 Å². The molecule has 0 unspecified atom stereocenters. The molecule has 1 heterocycles. The van der Waals surface area contributed by atoms with Gasteiger partial charge in [-0.15, -0.1) is 0 Å². The number of oxime groups is 1. The first-order valence-electron chi connectivity index (χ1n) is 6.10. The van der Waals surface area contributed by atoms with Crippen molar-refractivity contribution in [2.75, 3.05) is 11.9 Å². The van der Waals surface area contributed by atoms with Crippen molar-refractivity contribution in [2.45, 2.75) is 0 Å². The van der Waals surface area contributed by atoms with Crippen LogP contribution in [0.25, 0.3) is 0 Å². The zero-order valence-electron chi connectivity index (χ0n) is 11.1. The van der Waals surface area contributed by atoms with Gasteiger partial charge in [0.15, 0.2) is 5.84 Å². The van der Waals surface area contributed by atoms with E-state index >= 15 is 0 Å². The second-order valence-electron chi connectivity index (χ2n) is 4.07. The van der Waals surface area contributed by atoms with Crippen molar-refractivity contribution in [1.82, 2.24) is 4.98 Å². The number of carbonyl (C=O) groups is 1. The predicted molar refractivity (Wildman–Crippen MR) is 77.5 cm³/mol. The number of carbonyl (C=O) groups excluding carboxylic acids is 1. The maximum Gasteiger partial charge on any atom is 0.274 e. The first kappa shape index (κ1) is 14.3. The quantitative estimate of drug-likeness (QED) is 0.333. The largest absolute Gasteiger partial charge is 0.486 e. The van der Waals surface area contributed by atoms with E-state index in [2.05, 4.69) is 15.5 Å². The van der Waals surface area contributed by atoms with Crippen molar-refractivity contribution < 1.29 is 14.7 Å². The lowest BCUT2D eigenvalue weighted by atomic mass is 10.3. The molecular formula is C14H14N4O3. The Labute approximate surface area is 121 Å². The third kappa shape index (κ3) is 4.20. The third-order valence-electron chi connectivity index (χ3n) is 2.52. The predicted octanol–water partition coefficient (Wildman–Crippen LogP) is 1.46. The van der Waals surface area contributed by atoms with Gasteiger partial charge in [-0.25, -0.2) is 0 Å². The SMILES string of the molecule is N/C(COc1ccc(NC(=O)c2ccccn2)cc1)=N\O.